The van der Waals surface area contributed by atoms with Gasteiger partial charge in [-0.3, -0.25) is 10.1 Å². The molecular formula is C15H13N3O2S2. The minimum atomic E-state index is -0.275. The predicted octanol–water partition coefficient (Wildman–Crippen LogP) is 3.99. The second-order valence-corrected chi connectivity index (χ2v) is 7.09. The maximum atomic E-state index is 12.4. The molecule has 3 aromatic heterocycles. The third kappa shape index (κ3) is 2.46. The number of fused-ring (bicyclic) bond motifs is 1. The molecular weight excluding hydrogens is 318 g/mol. The molecule has 4 rings (SSSR count). The fourth-order valence-electron chi connectivity index (χ4n) is 2.55. The van der Waals surface area contributed by atoms with E-state index in [0.717, 1.165) is 23.4 Å². The summed E-state index contributed by atoms with van der Waals surface area (Å²) >= 11 is 3.08. The van der Waals surface area contributed by atoms with Gasteiger partial charge in [0.05, 0.1) is 10.6 Å². The molecule has 0 bridgehead atoms. The lowest BCUT2D eigenvalue weighted by Crippen LogP contribution is -2.13. The molecule has 3 aromatic rings. The maximum absolute atomic E-state index is 12.4. The highest BCUT2D eigenvalue weighted by molar-refractivity contribution is 7.16. The first-order chi connectivity index (χ1) is 10.8. The number of aryl methyl sites for hydroxylation is 2. The summed E-state index contributed by atoms with van der Waals surface area (Å²) in [5.74, 6) is 0.233. The normalized spacial score (nSPS) is 13.8. The number of aromatic nitrogens is 2. The average molecular weight is 331 g/mol. The Morgan fingerprint density at radius 1 is 1.32 bits per heavy atom. The number of oxazole rings is 1. The largest absolute Gasteiger partial charge is 0.442 e. The van der Waals surface area contributed by atoms with Gasteiger partial charge in [-0.2, -0.15) is 0 Å². The summed E-state index contributed by atoms with van der Waals surface area (Å²) < 4.78 is 5.37. The second-order valence-electron chi connectivity index (χ2n) is 5.06. The molecule has 0 saturated carbocycles. The maximum Gasteiger partial charge on any atom is 0.280 e. The van der Waals surface area contributed by atoms with Crippen LogP contribution in [0, 0.1) is 0 Å². The van der Waals surface area contributed by atoms with Gasteiger partial charge in [-0.25, -0.2) is 9.97 Å². The first kappa shape index (κ1) is 13.7. The summed E-state index contributed by atoms with van der Waals surface area (Å²) in [7, 11) is 0. The molecule has 0 spiro atoms. The van der Waals surface area contributed by atoms with Crippen LogP contribution in [-0.2, 0) is 12.8 Å². The fourth-order valence-corrected chi connectivity index (χ4v) is 4.31. The molecule has 0 aliphatic heterocycles. The number of nitrogens with one attached hydrogen (secondary N) is 1. The number of rotatable bonds is 3. The Labute approximate surface area is 135 Å². The molecule has 7 heteroatoms. The Kier molecular flexibility index (Phi) is 3.51. The van der Waals surface area contributed by atoms with Gasteiger partial charge in [0.25, 0.3) is 5.91 Å². The first-order valence-electron chi connectivity index (χ1n) is 7.08. The molecule has 0 saturated heterocycles. The Balaban J connectivity index is 1.58. The van der Waals surface area contributed by atoms with Crippen LogP contribution in [0.5, 0.6) is 0 Å². The molecule has 5 nitrogen and oxygen atoms in total. The lowest BCUT2D eigenvalue weighted by atomic mass is 10.0. The van der Waals surface area contributed by atoms with Crippen molar-refractivity contribution in [3.05, 3.63) is 40.2 Å². The van der Waals surface area contributed by atoms with Crippen LogP contribution >= 0.6 is 22.7 Å². The van der Waals surface area contributed by atoms with Gasteiger partial charge in [0.1, 0.15) is 0 Å². The van der Waals surface area contributed by atoms with Crippen molar-refractivity contribution in [1.29, 1.82) is 0 Å². The number of anilines is 1. The van der Waals surface area contributed by atoms with Crippen LogP contribution in [0.2, 0.25) is 0 Å². The standard InChI is InChI=1S/C15H13N3O2S2/c19-14(12-13(20-8-16-12)11-6-3-7-21-11)18-15-17-9-4-1-2-5-10(9)22-15/h3,6-8H,1-2,4-5H2,(H,17,18,19). The number of hydrogen-bond acceptors (Lipinski definition) is 6. The van der Waals surface area contributed by atoms with Gasteiger partial charge in [-0.15, -0.1) is 22.7 Å². The third-order valence-electron chi connectivity index (χ3n) is 3.59. The number of carbonyl (C=O) groups excluding carboxylic acids is 1. The van der Waals surface area contributed by atoms with Crippen molar-refractivity contribution in [3.8, 4) is 10.6 Å². The van der Waals surface area contributed by atoms with Crippen LogP contribution in [0.25, 0.3) is 10.6 Å². The van der Waals surface area contributed by atoms with E-state index in [9.17, 15) is 4.79 Å². The minimum absolute atomic E-state index is 0.275. The third-order valence-corrected chi connectivity index (χ3v) is 5.54. The second kappa shape index (κ2) is 5.66. The van der Waals surface area contributed by atoms with E-state index in [0.29, 0.717) is 16.6 Å². The molecule has 0 aromatic carbocycles. The molecule has 0 atom stereocenters. The average Bonchev–Trinajstić information content (AvgIpc) is 3.25. The van der Waals surface area contributed by atoms with E-state index in [1.54, 1.807) is 11.3 Å². The Morgan fingerprint density at radius 2 is 2.23 bits per heavy atom. The van der Waals surface area contributed by atoms with Gasteiger partial charge >= 0.3 is 0 Å². The summed E-state index contributed by atoms with van der Waals surface area (Å²) in [6, 6.07) is 3.82. The number of hydrogen-bond donors (Lipinski definition) is 1. The van der Waals surface area contributed by atoms with Gasteiger partial charge in [0.2, 0.25) is 0 Å². The molecule has 112 valence electrons. The first-order valence-corrected chi connectivity index (χ1v) is 8.78. The zero-order chi connectivity index (χ0) is 14.9. The number of carbonyl (C=O) groups is 1. The van der Waals surface area contributed by atoms with Gasteiger partial charge in [0, 0.05) is 4.88 Å². The monoisotopic (exact) mass is 331 g/mol. The highest BCUT2D eigenvalue weighted by Crippen LogP contribution is 2.31. The fraction of sp³-hybridized carbons (Fsp3) is 0.267. The van der Waals surface area contributed by atoms with Crippen molar-refractivity contribution in [2.24, 2.45) is 0 Å². The topological polar surface area (TPSA) is 68.0 Å². The van der Waals surface area contributed by atoms with Gasteiger partial charge in [-0.05, 0) is 37.1 Å². The predicted molar refractivity (Wildman–Crippen MR) is 86.5 cm³/mol. The Bertz CT molecular complexity index is 781. The molecule has 1 amide bonds. The summed E-state index contributed by atoms with van der Waals surface area (Å²) in [6.45, 7) is 0. The van der Waals surface area contributed by atoms with Crippen molar-refractivity contribution in [1.82, 2.24) is 9.97 Å². The lowest BCUT2D eigenvalue weighted by molar-refractivity contribution is 0.102. The summed E-state index contributed by atoms with van der Waals surface area (Å²) in [6.07, 6.45) is 5.75. The molecule has 3 heterocycles. The zero-order valence-electron chi connectivity index (χ0n) is 11.7. The van der Waals surface area contributed by atoms with Crippen LogP contribution in [0.15, 0.2) is 28.3 Å². The highest BCUT2D eigenvalue weighted by Gasteiger charge is 2.21. The van der Waals surface area contributed by atoms with Crippen molar-refractivity contribution in [3.63, 3.8) is 0 Å². The highest BCUT2D eigenvalue weighted by atomic mass is 32.1. The summed E-state index contributed by atoms with van der Waals surface area (Å²) in [5.41, 5.74) is 1.43. The zero-order valence-corrected chi connectivity index (χ0v) is 13.3. The van der Waals surface area contributed by atoms with Gasteiger partial charge in [-0.1, -0.05) is 6.07 Å². The summed E-state index contributed by atoms with van der Waals surface area (Å²) in [5, 5.41) is 5.44. The number of nitrogens with zero attached hydrogens (tertiary/aromatic N) is 2. The van der Waals surface area contributed by atoms with E-state index < -0.39 is 0 Å². The summed E-state index contributed by atoms with van der Waals surface area (Å²) in [4.78, 5) is 23.2. The molecule has 0 unspecified atom stereocenters. The Morgan fingerprint density at radius 3 is 3.05 bits per heavy atom. The molecule has 22 heavy (non-hydrogen) atoms. The van der Waals surface area contributed by atoms with E-state index >= 15 is 0 Å². The number of thiazole rings is 1. The van der Waals surface area contributed by atoms with Crippen molar-refractivity contribution in [2.45, 2.75) is 25.7 Å². The molecule has 1 aliphatic rings. The molecule has 0 radical (unpaired) electrons. The minimum Gasteiger partial charge on any atom is -0.442 e. The van der Waals surface area contributed by atoms with E-state index in [1.165, 1.54) is 35.4 Å². The van der Waals surface area contributed by atoms with E-state index in [-0.39, 0.29) is 5.91 Å². The molecule has 1 N–H and O–H groups in total. The lowest BCUT2D eigenvalue weighted by Gasteiger charge is -2.06. The molecule has 1 aliphatic carbocycles. The van der Waals surface area contributed by atoms with Crippen LogP contribution in [0.1, 0.15) is 33.9 Å². The van der Waals surface area contributed by atoms with Gasteiger partial charge < -0.3 is 4.42 Å². The van der Waals surface area contributed by atoms with E-state index in [4.69, 9.17) is 4.42 Å². The quantitative estimate of drug-likeness (QED) is 0.788. The van der Waals surface area contributed by atoms with Crippen LogP contribution in [-0.4, -0.2) is 15.9 Å². The van der Waals surface area contributed by atoms with Crippen LogP contribution < -0.4 is 5.32 Å². The number of amides is 1. The van der Waals surface area contributed by atoms with E-state index in [1.807, 2.05) is 17.5 Å². The SMILES string of the molecule is O=C(Nc1nc2c(s1)CCCC2)c1ncoc1-c1cccs1. The van der Waals surface area contributed by atoms with Crippen LogP contribution in [0.3, 0.4) is 0 Å². The van der Waals surface area contributed by atoms with Crippen molar-refractivity contribution < 1.29 is 9.21 Å². The molecule has 0 fully saturated rings. The van der Waals surface area contributed by atoms with Crippen molar-refractivity contribution >= 4 is 33.7 Å². The van der Waals surface area contributed by atoms with Gasteiger partial charge in [0.15, 0.2) is 23.0 Å². The number of thiophene rings is 1. The van der Waals surface area contributed by atoms with Crippen LogP contribution in [0.4, 0.5) is 5.13 Å². The smallest absolute Gasteiger partial charge is 0.280 e. The van der Waals surface area contributed by atoms with Crippen molar-refractivity contribution in [2.75, 3.05) is 5.32 Å². The Hall–Kier alpha value is -1.99. The van der Waals surface area contributed by atoms with E-state index in [2.05, 4.69) is 15.3 Å².